The molecule has 23 heavy (non-hydrogen) atoms. The summed E-state index contributed by atoms with van der Waals surface area (Å²) in [6.45, 7) is 0. The van der Waals surface area contributed by atoms with Gasteiger partial charge in [-0.3, -0.25) is 15.0 Å². The number of carbonyl (C=O) groups is 1. The van der Waals surface area contributed by atoms with Crippen molar-refractivity contribution < 1.29 is 9.53 Å². The fraction of sp³-hybridized carbons (Fsp3) is 0.467. The van der Waals surface area contributed by atoms with Crippen LogP contribution < -0.4 is 11.1 Å². The number of hydrogen-bond donors (Lipinski definition) is 2. The van der Waals surface area contributed by atoms with Crippen LogP contribution in [0.15, 0.2) is 24.8 Å². The Balaban J connectivity index is 1.54. The van der Waals surface area contributed by atoms with Gasteiger partial charge < -0.3 is 10.5 Å². The lowest BCUT2D eigenvalue weighted by atomic mass is 9.94. The smallest absolute Gasteiger partial charge is 0.413 e. The van der Waals surface area contributed by atoms with Gasteiger partial charge in [-0.25, -0.2) is 9.78 Å². The molecule has 0 unspecified atom stereocenters. The topological polar surface area (TPSA) is 108 Å². The number of anilines is 1. The van der Waals surface area contributed by atoms with Crippen LogP contribution in [-0.4, -0.2) is 38.0 Å². The second-order valence-corrected chi connectivity index (χ2v) is 5.76. The van der Waals surface area contributed by atoms with Crippen molar-refractivity contribution in [3.63, 3.8) is 0 Å². The molecule has 0 saturated heterocycles. The number of carbonyl (C=O) groups excluding carboxylic acids is 1. The minimum atomic E-state index is -0.506. The molecule has 1 fully saturated rings. The van der Waals surface area contributed by atoms with E-state index in [4.69, 9.17) is 10.5 Å². The van der Waals surface area contributed by atoms with Gasteiger partial charge in [0.05, 0.1) is 24.3 Å². The Labute approximate surface area is 134 Å². The van der Waals surface area contributed by atoms with Crippen molar-refractivity contribution in [1.82, 2.24) is 19.7 Å². The van der Waals surface area contributed by atoms with Gasteiger partial charge in [-0.05, 0) is 25.7 Å². The molecule has 2 aromatic heterocycles. The Kier molecular flexibility index (Phi) is 4.52. The first-order valence-electron chi connectivity index (χ1n) is 7.64. The summed E-state index contributed by atoms with van der Waals surface area (Å²) in [7, 11) is 1.83. The lowest BCUT2D eigenvalue weighted by molar-refractivity contribution is 0.0826. The van der Waals surface area contributed by atoms with Gasteiger partial charge in [0, 0.05) is 24.8 Å². The van der Waals surface area contributed by atoms with E-state index < -0.39 is 6.09 Å². The predicted octanol–water partition coefficient (Wildman–Crippen LogP) is 1.70. The predicted molar refractivity (Wildman–Crippen MR) is 84.6 cm³/mol. The fourth-order valence-corrected chi connectivity index (χ4v) is 2.59. The van der Waals surface area contributed by atoms with E-state index in [-0.39, 0.29) is 12.1 Å². The zero-order chi connectivity index (χ0) is 16.2. The average Bonchev–Trinajstić information content (AvgIpc) is 2.97. The Hall–Kier alpha value is -2.48. The quantitative estimate of drug-likeness (QED) is 0.892. The molecule has 0 radical (unpaired) electrons. The highest BCUT2D eigenvalue weighted by Crippen LogP contribution is 2.20. The third-order valence-electron chi connectivity index (χ3n) is 3.88. The molecule has 122 valence electrons. The van der Waals surface area contributed by atoms with E-state index in [1.807, 2.05) is 13.2 Å². The summed E-state index contributed by atoms with van der Waals surface area (Å²) >= 11 is 0. The van der Waals surface area contributed by atoms with Gasteiger partial charge in [-0.15, -0.1) is 0 Å². The van der Waals surface area contributed by atoms with Crippen LogP contribution in [0.4, 0.5) is 10.6 Å². The van der Waals surface area contributed by atoms with Gasteiger partial charge in [-0.1, -0.05) is 0 Å². The summed E-state index contributed by atoms with van der Waals surface area (Å²) in [5.41, 5.74) is 7.40. The van der Waals surface area contributed by atoms with Crippen LogP contribution in [0.25, 0.3) is 11.3 Å². The van der Waals surface area contributed by atoms with E-state index in [9.17, 15) is 4.79 Å². The Morgan fingerprint density at radius 2 is 2.04 bits per heavy atom. The third-order valence-corrected chi connectivity index (χ3v) is 3.88. The SMILES string of the molecule is Cn1cc(-c2cnc(NC(=O)OC3CCC(N)CC3)cn2)cn1. The molecule has 2 aromatic rings. The van der Waals surface area contributed by atoms with Crippen LogP contribution in [0, 0.1) is 0 Å². The van der Waals surface area contributed by atoms with Crippen LogP contribution in [0.1, 0.15) is 25.7 Å². The normalized spacial score (nSPS) is 21.0. The molecular weight excluding hydrogens is 296 g/mol. The zero-order valence-electron chi connectivity index (χ0n) is 13.0. The van der Waals surface area contributed by atoms with Gasteiger partial charge >= 0.3 is 6.09 Å². The number of nitrogens with zero attached hydrogens (tertiary/aromatic N) is 4. The Morgan fingerprint density at radius 3 is 2.65 bits per heavy atom. The molecule has 0 bridgehead atoms. The van der Waals surface area contributed by atoms with Gasteiger partial charge in [0.25, 0.3) is 0 Å². The highest BCUT2D eigenvalue weighted by Gasteiger charge is 2.21. The highest BCUT2D eigenvalue weighted by atomic mass is 16.6. The molecular formula is C15H20N6O2. The number of hydrogen-bond acceptors (Lipinski definition) is 6. The highest BCUT2D eigenvalue weighted by molar-refractivity contribution is 5.83. The van der Waals surface area contributed by atoms with E-state index in [0.29, 0.717) is 11.5 Å². The van der Waals surface area contributed by atoms with Crippen molar-refractivity contribution in [1.29, 1.82) is 0 Å². The number of aryl methyl sites for hydroxylation is 1. The van der Waals surface area contributed by atoms with Crippen molar-refractivity contribution in [2.75, 3.05) is 5.32 Å². The Morgan fingerprint density at radius 1 is 1.26 bits per heavy atom. The van der Waals surface area contributed by atoms with Crippen LogP contribution in [-0.2, 0) is 11.8 Å². The van der Waals surface area contributed by atoms with Gasteiger partial charge in [0.2, 0.25) is 0 Å². The van der Waals surface area contributed by atoms with Crippen LogP contribution in [0.3, 0.4) is 0 Å². The largest absolute Gasteiger partial charge is 0.446 e. The lowest BCUT2D eigenvalue weighted by Crippen LogP contribution is -2.32. The van der Waals surface area contributed by atoms with Crippen LogP contribution in [0.5, 0.6) is 0 Å². The molecule has 0 atom stereocenters. The van der Waals surface area contributed by atoms with Crippen molar-refractivity contribution in [2.24, 2.45) is 12.8 Å². The lowest BCUT2D eigenvalue weighted by Gasteiger charge is -2.25. The molecule has 1 saturated carbocycles. The number of nitrogens with two attached hydrogens (primary N) is 1. The van der Waals surface area contributed by atoms with Gasteiger partial charge in [-0.2, -0.15) is 5.10 Å². The number of amides is 1. The summed E-state index contributed by atoms with van der Waals surface area (Å²) in [4.78, 5) is 20.3. The number of aromatic nitrogens is 4. The average molecular weight is 316 g/mol. The van der Waals surface area contributed by atoms with E-state index in [0.717, 1.165) is 31.2 Å². The van der Waals surface area contributed by atoms with Crippen molar-refractivity contribution >= 4 is 11.9 Å². The molecule has 0 aromatic carbocycles. The van der Waals surface area contributed by atoms with Crippen molar-refractivity contribution in [3.8, 4) is 11.3 Å². The summed E-state index contributed by atoms with van der Waals surface area (Å²) in [5, 5.41) is 6.68. The summed E-state index contributed by atoms with van der Waals surface area (Å²) < 4.78 is 7.07. The van der Waals surface area contributed by atoms with Crippen molar-refractivity contribution in [3.05, 3.63) is 24.8 Å². The zero-order valence-corrected chi connectivity index (χ0v) is 13.0. The maximum atomic E-state index is 11.9. The maximum absolute atomic E-state index is 11.9. The van der Waals surface area contributed by atoms with Gasteiger partial charge in [0.1, 0.15) is 6.10 Å². The summed E-state index contributed by atoms with van der Waals surface area (Å²) in [5.74, 6) is 0.357. The van der Waals surface area contributed by atoms with Gasteiger partial charge in [0.15, 0.2) is 5.82 Å². The molecule has 3 rings (SSSR count). The second-order valence-electron chi connectivity index (χ2n) is 5.76. The molecule has 1 aliphatic carbocycles. The number of ether oxygens (including phenoxy) is 1. The molecule has 3 N–H and O–H groups in total. The first-order chi connectivity index (χ1) is 11.1. The first-order valence-corrected chi connectivity index (χ1v) is 7.64. The molecule has 0 spiro atoms. The minimum Gasteiger partial charge on any atom is -0.446 e. The fourth-order valence-electron chi connectivity index (χ4n) is 2.59. The minimum absolute atomic E-state index is 0.0718. The Bertz CT molecular complexity index is 661. The summed E-state index contributed by atoms with van der Waals surface area (Å²) in [6.07, 6.45) is 9.45. The van der Waals surface area contributed by atoms with E-state index in [1.54, 1.807) is 17.1 Å². The molecule has 8 heteroatoms. The molecule has 0 aliphatic heterocycles. The molecule has 1 amide bonds. The van der Waals surface area contributed by atoms with Crippen LogP contribution in [0.2, 0.25) is 0 Å². The molecule has 2 heterocycles. The number of rotatable bonds is 3. The second kappa shape index (κ2) is 6.74. The standard InChI is InChI=1S/C15H20N6O2/c1-21-9-10(6-19-21)13-7-18-14(8-17-13)20-15(22)23-12-4-2-11(16)3-5-12/h6-9,11-12H,2-5,16H2,1H3,(H,18,20,22). The first kappa shape index (κ1) is 15.4. The van der Waals surface area contributed by atoms with Crippen LogP contribution >= 0.6 is 0 Å². The number of nitrogens with one attached hydrogen (secondary N) is 1. The van der Waals surface area contributed by atoms with E-state index >= 15 is 0 Å². The van der Waals surface area contributed by atoms with E-state index in [2.05, 4.69) is 20.4 Å². The van der Waals surface area contributed by atoms with Crippen molar-refractivity contribution in [2.45, 2.75) is 37.8 Å². The monoisotopic (exact) mass is 316 g/mol. The van der Waals surface area contributed by atoms with E-state index in [1.165, 1.54) is 6.20 Å². The maximum Gasteiger partial charge on any atom is 0.413 e. The molecule has 8 nitrogen and oxygen atoms in total. The summed E-state index contributed by atoms with van der Waals surface area (Å²) in [6, 6.07) is 0.226. The third kappa shape index (κ3) is 4.04. The molecule has 1 aliphatic rings.